The predicted molar refractivity (Wildman–Crippen MR) is 105 cm³/mol. The SMILES string of the molecule is CC(C)NC(=O)[C@H]([C@@H](C)O)N1C(=O)C2(CCC(C)N2C(=O)OC(C)(C)C)C1C. The number of aliphatic hydroxyl groups is 1. The van der Waals surface area contributed by atoms with Crippen LogP contribution in [0.3, 0.4) is 0 Å². The Balaban J connectivity index is 2.32. The molecule has 5 atom stereocenters. The highest BCUT2D eigenvalue weighted by atomic mass is 16.6. The highest BCUT2D eigenvalue weighted by Gasteiger charge is 2.69. The zero-order valence-electron chi connectivity index (χ0n) is 18.3. The molecule has 0 aromatic rings. The van der Waals surface area contributed by atoms with Gasteiger partial charge in [-0.3, -0.25) is 14.5 Å². The third-order valence-electron chi connectivity index (χ3n) is 5.57. The highest BCUT2D eigenvalue weighted by Crippen LogP contribution is 2.48. The van der Waals surface area contributed by atoms with E-state index in [9.17, 15) is 19.5 Å². The fourth-order valence-corrected chi connectivity index (χ4v) is 4.40. The van der Waals surface area contributed by atoms with Gasteiger partial charge >= 0.3 is 6.09 Å². The van der Waals surface area contributed by atoms with Crippen molar-refractivity contribution in [1.82, 2.24) is 15.1 Å². The van der Waals surface area contributed by atoms with Gasteiger partial charge in [0.15, 0.2) is 0 Å². The molecule has 0 saturated carbocycles. The molecule has 0 bridgehead atoms. The van der Waals surface area contributed by atoms with Crippen LogP contribution in [0.4, 0.5) is 4.79 Å². The van der Waals surface area contributed by atoms with Crippen LogP contribution in [0.15, 0.2) is 0 Å². The molecule has 2 aliphatic rings. The Labute approximate surface area is 167 Å². The number of hydrogen-bond acceptors (Lipinski definition) is 5. The molecule has 0 aromatic carbocycles. The van der Waals surface area contributed by atoms with Crippen molar-refractivity contribution in [2.75, 3.05) is 0 Å². The molecule has 3 unspecified atom stereocenters. The zero-order chi connectivity index (χ0) is 21.6. The van der Waals surface area contributed by atoms with Crippen molar-refractivity contribution in [3.8, 4) is 0 Å². The Morgan fingerprint density at radius 3 is 2.25 bits per heavy atom. The summed E-state index contributed by atoms with van der Waals surface area (Å²) >= 11 is 0. The fourth-order valence-electron chi connectivity index (χ4n) is 4.40. The molecular formula is C20H35N3O5. The summed E-state index contributed by atoms with van der Waals surface area (Å²) in [5.41, 5.74) is -1.69. The van der Waals surface area contributed by atoms with Crippen molar-refractivity contribution in [3.05, 3.63) is 0 Å². The molecule has 2 aliphatic heterocycles. The third kappa shape index (κ3) is 3.71. The molecule has 0 radical (unpaired) electrons. The van der Waals surface area contributed by atoms with Crippen LogP contribution in [-0.2, 0) is 14.3 Å². The number of hydrogen-bond donors (Lipinski definition) is 2. The van der Waals surface area contributed by atoms with Crippen LogP contribution in [0.25, 0.3) is 0 Å². The smallest absolute Gasteiger partial charge is 0.411 e. The van der Waals surface area contributed by atoms with Gasteiger partial charge in [0.25, 0.3) is 5.91 Å². The second-order valence-electron chi connectivity index (χ2n) is 9.40. The summed E-state index contributed by atoms with van der Waals surface area (Å²) in [6, 6.07) is -1.65. The van der Waals surface area contributed by atoms with E-state index in [0.29, 0.717) is 12.8 Å². The van der Waals surface area contributed by atoms with Crippen LogP contribution < -0.4 is 5.32 Å². The van der Waals surface area contributed by atoms with Gasteiger partial charge in [0, 0.05) is 12.1 Å². The lowest BCUT2D eigenvalue weighted by Crippen LogP contribution is -2.82. The molecule has 2 N–H and O–H groups in total. The second-order valence-corrected chi connectivity index (χ2v) is 9.40. The van der Waals surface area contributed by atoms with Crippen LogP contribution >= 0.6 is 0 Å². The Morgan fingerprint density at radius 1 is 1.25 bits per heavy atom. The average Bonchev–Trinajstić information content (AvgIpc) is 2.88. The van der Waals surface area contributed by atoms with Crippen molar-refractivity contribution >= 4 is 17.9 Å². The fraction of sp³-hybridized carbons (Fsp3) is 0.850. The van der Waals surface area contributed by atoms with Crippen molar-refractivity contribution in [3.63, 3.8) is 0 Å². The molecule has 2 rings (SSSR count). The molecule has 8 nitrogen and oxygen atoms in total. The van der Waals surface area contributed by atoms with Crippen LogP contribution in [0.2, 0.25) is 0 Å². The van der Waals surface area contributed by atoms with Gasteiger partial charge in [0.2, 0.25) is 5.91 Å². The number of β-lactam (4-membered cyclic amide) rings is 1. The Bertz CT molecular complexity index is 642. The Morgan fingerprint density at radius 2 is 1.82 bits per heavy atom. The molecule has 0 aromatic heterocycles. The minimum atomic E-state index is -1.03. The molecule has 0 aliphatic carbocycles. The van der Waals surface area contributed by atoms with Gasteiger partial charge in [-0.1, -0.05) is 0 Å². The number of amides is 3. The molecule has 1 spiro atoms. The van der Waals surface area contributed by atoms with E-state index in [-0.39, 0.29) is 18.0 Å². The maximum Gasteiger partial charge on any atom is 0.411 e. The summed E-state index contributed by atoms with van der Waals surface area (Å²) in [6.07, 6.45) is -0.350. The maximum atomic E-state index is 13.3. The van der Waals surface area contributed by atoms with E-state index in [1.807, 2.05) is 27.7 Å². The van der Waals surface area contributed by atoms with Crippen LogP contribution in [0, 0.1) is 0 Å². The van der Waals surface area contributed by atoms with Crippen molar-refractivity contribution in [1.29, 1.82) is 0 Å². The summed E-state index contributed by atoms with van der Waals surface area (Å²) in [7, 11) is 0. The first-order valence-electron chi connectivity index (χ1n) is 10.1. The third-order valence-corrected chi connectivity index (χ3v) is 5.57. The van der Waals surface area contributed by atoms with Gasteiger partial charge in [-0.15, -0.1) is 0 Å². The van der Waals surface area contributed by atoms with E-state index in [2.05, 4.69) is 5.32 Å². The quantitative estimate of drug-likeness (QED) is 0.703. The lowest BCUT2D eigenvalue weighted by Gasteiger charge is -2.59. The summed E-state index contributed by atoms with van der Waals surface area (Å²) in [6.45, 7) is 14.2. The first-order chi connectivity index (χ1) is 12.7. The zero-order valence-corrected chi connectivity index (χ0v) is 18.3. The monoisotopic (exact) mass is 397 g/mol. The molecule has 160 valence electrons. The van der Waals surface area contributed by atoms with Crippen molar-refractivity contribution < 1.29 is 24.2 Å². The Hall–Kier alpha value is -1.83. The van der Waals surface area contributed by atoms with E-state index in [1.54, 1.807) is 25.7 Å². The molecule has 2 saturated heterocycles. The van der Waals surface area contributed by atoms with E-state index in [0.717, 1.165) is 0 Å². The summed E-state index contributed by atoms with van der Waals surface area (Å²) in [5, 5.41) is 13.0. The lowest BCUT2D eigenvalue weighted by atomic mass is 9.75. The summed E-state index contributed by atoms with van der Waals surface area (Å²) < 4.78 is 5.55. The standard InChI is InChI=1S/C20H35N3O5/c1-11(2)21-16(25)15(13(4)24)22-14(5)20(17(22)26)10-9-12(3)23(20)18(27)28-19(6,7)8/h11-15,24H,9-10H2,1-8H3,(H,21,25)/t12?,13-,14?,15+,20?/m1/s1. The number of likely N-dealkylation sites (tertiary alicyclic amines) is 2. The van der Waals surface area contributed by atoms with Gasteiger partial charge in [-0.2, -0.15) is 0 Å². The molecule has 2 fully saturated rings. The number of rotatable bonds is 4. The molecule has 28 heavy (non-hydrogen) atoms. The lowest BCUT2D eigenvalue weighted by molar-refractivity contribution is -0.184. The molecule has 2 heterocycles. The highest BCUT2D eigenvalue weighted by molar-refractivity contribution is 6.01. The number of carbonyl (C=O) groups excluding carboxylic acids is 3. The van der Waals surface area contributed by atoms with E-state index >= 15 is 0 Å². The predicted octanol–water partition coefficient (Wildman–Crippen LogP) is 1.65. The minimum Gasteiger partial charge on any atom is -0.444 e. The maximum absolute atomic E-state index is 13.3. The number of nitrogens with one attached hydrogen (secondary N) is 1. The van der Waals surface area contributed by atoms with Gasteiger partial charge in [0.05, 0.1) is 12.1 Å². The number of carbonyl (C=O) groups is 3. The average molecular weight is 398 g/mol. The van der Waals surface area contributed by atoms with Crippen LogP contribution in [0.1, 0.15) is 68.2 Å². The normalized spacial score (nSPS) is 29.7. The van der Waals surface area contributed by atoms with Gasteiger partial charge in [-0.25, -0.2) is 4.79 Å². The van der Waals surface area contributed by atoms with Gasteiger partial charge in [0.1, 0.15) is 17.2 Å². The topological polar surface area (TPSA) is 99.2 Å². The first-order valence-corrected chi connectivity index (χ1v) is 10.1. The molecule has 3 amide bonds. The summed E-state index contributed by atoms with van der Waals surface area (Å²) in [4.78, 5) is 41.8. The van der Waals surface area contributed by atoms with E-state index < -0.39 is 41.3 Å². The Kier molecular flexibility index (Phi) is 6.05. The minimum absolute atomic E-state index is 0.112. The first kappa shape index (κ1) is 22.5. The van der Waals surface area contributed by atoms with Gasteiger partial charge < -0.3 is 20.1 Å². The van der Waals surface area contributed by atoms with Crippen molar-refractivity contribution in [2.24, 2.45) is 0 Å². The van der Waals surface area contributed by atoms with E-state index in [1.165, 1.54) is 11.8 Å². The number of ether oxygens (including phenoxy) is 1. The number of nitrogens with zero attached hydrogens (tertiary/aromatic N) is 2. The van der Waals surface area contributed by atoms with Crippen LogP contribution in [0.5, 0.6) is 0 Å². The second kappa shape index (κ2) is 7.54. The van der Waals surface area contributed by atoms with E-state index in [4.69, 9.17) is 4.74 Å². The molecule has 8 heteroatoms. The number of aliphatic hydroxyl groups excluding tert-OH is 1. The molecular weight excluding hydrogens is 362 g/mol. The van der Waals surface area contributed by atoms with Gasteiger partial charge in [-0.05, 0) is 68.2 Å². The van der Waals surface area contributed by atoms with Crippen molar-refractivity contribution in [2.45, 2.75) is 110 Å². The summed E-state index contributed by atoms with van der Waals surface area (Å²) in [5.74, 6) is -0.699. The largest absolute Gasteiger partial charge is 0.444 e. The van der Waals surface area contributed by atoms with Crippen LogP contribution in [-0.4, -0.2) is 74.2 Å².